The lowest BCUT2D eigenvalue weighted by Crippen LogP contribution is -2.30. The maximum atomic E-state index is 12.5. The van der Waals surface area contributed by atoms with Gasteiger partial charge in [0, 0.05) is 18.7 Å². The Kier molecular flexibility index (Phi) is 6.67. The number of carbonyl (C=O) groups is 1. The van der Waals surface area contributed by atoms with Crippen LogP contribution in [0.3, 0.4) is 0 Å². The first kappa shape index (κ1) is 18.3. The number of nitrogens with zero attached hydrogens (tertiary/aromatic N) is 1. The van der Waals surface area contributed by atoms with Gasteiger partial charge in [0.1, 0.15) is 6.61 Å². The Morgan fingerprint density at radius 2 is 1.79 bits per heavy atom. The molecule has 0 radical (unpaired) electrons. The van der Waals surface area contributed by atoms with Crippen molar-refractivity contribution >= 4 is 21.8 Å². The van der Waals surface area contributed by atoms with E-state index in [2.05, 4.69) is 15.9 Å². The highest BCUT2D eigenvalue weighted by molar-refractivity contribution is 9.10. The summed E-state index contributed by atoms with van der Waals surface area (Å²) in [5.41, 5.74) is 1.64. The molecule has 4 nitrogen and oxygen atoms in total. The second-order valence-electron chi connectivity index (χ2n) is 5.24. The van der Waals surface area contributed by atoms with Crippen molar-refractivity contribution < 1.29 is 14.3 Å². The van der Waals surface area contributed by atoms with Crippen molar-refractivity contribution in [1.29, 1.82) is 0 Å². The van der Waals surface area contributed by atoms with Crippen LogP contribution >= 0.6 is 15.9 Å². The molecule has 0 unspecified atom stereocenters. The molecule has 5 heteroatoms. The van der Waals surface area contributed by atoms with E-state index in [0.29, 0.717) is 41.2 Å². The third kappa shape index (κ3) is 4.29. The summed E-state index contributed by atoms with van der Waals surface area (Å²) in [4.78, 5) is 14.3. The summed E-state index contributed by atoms with van der Waals surface area (Å²) in [6, 6.07) is 13.4. The minimum atomic E-state index is -0.0198. The van der Waals surface area contributed by atoms with Gasteiger partial charge in [-0.1, -0.05) is 30.3 Å². The predicted molar refractivity (Wildman–Crippen MR) is 98.7 cm³/mol. The van der Waals surface area contributed by atoms with Crippen molar-refractivity contribution in [2.75, 3.05) is 20.2 Å². The number of halogens is 1. The minimum Gasteiger partial charge on any atom is -0.493 e. The van der Waals surface area contributed by atoms with Gasteiger partial charge in [-0.3, -0.25) is 4.79 Å². The highest BCUT2D eigenvalue weighted by atomic mass is 79.9. The Morgan fingerprint density at radius 1 is 1.12 bits per heavy atom. The van der Waals surface area contributed by atoms with Crippen molar-refractivity contribution in [3.63, 3.8) is 0 Å². The van der Waals surface area contributed by atoms with Crippen molar-refractivity contribution in [2.24, 2.45) is 0 Å². The van der Waals surface area contributed by atoms with Gasteiger partial charge in [-0.15, -0.1) is 0 Å². The maximum absolute atomic E-state index is 12.5. The van der Waals surface area contributed by atoms with Crippen molar-refractivity contribution in [2.45, 2.75) is 20.5 Å². The lowest BCUT2D eigenvalue weighted by Gasteiger charge is -2.20. The summed E-state index contributed by atoms with van der Waals surface area (Å²) < 4.78 is 12.0. The molecule has 0 aliphatic carbocycles. The van der Waals surface area contributed by atoms with Crippen LogP contribution in [0.1, 0.15) is 29.8 Å². The van der Waals surface area contributed by atoms with Gasteiger partial charge in [0.25, 0.3) is 5.91 Å². The van der Waals surface area contributed by atoms with Gasteiger partial charge in [-0.05, 0) is 47.5 Å². The molecule has 0 aliphatic heterocycles. The zero-order chi connectivity index (χ0) is 17.5. The maximum Gasteiger partial charge on any atom is 0.254 e. The molecule has 0 aliphatic rings. The largest absolute Gasteiger partial charge is 0.493 e. The highest BCUT2D eigenvalue weighted by Crippen LogP contribution is 2.37. The number of hydrogen-bond acceptors (Lipinski definition) is 3. The van der Waals surface area contributed by atoms with Crippen LogP contribution in [0.5, 0.6) is 11.5 Å². The Morgan fingerprint density at radius 3 is 2.38 bits per heavy atom. The predicted octanol–water partition coefficient (Wildman–Crippen LogP) is 4.52. The number of rotatable bonds is 7. The molecule has 0 spiro atoms. The first-order valence-corrected chi connectivity index (χ1v) is 8.73. The monoisotopic (exact) mass is 391 g/mol. The summed E-state index contributed by atoms with van der Waals surface area (Å²) in [5, 5.41) is 0. The highest BCUT2D eigenvalue weighted by Gasteiger charge is 2.18. The number of ether oxygens (including phenoxy) is 2. The van der Waals surface area contributed by atoms with Crippen LogP contribution in [0.2, 0.25) is 0 Å². The van der Waals surface area contributed by atoms with Crippen LogP contribution in [0.25, 0.3) is 0 Å². The molecule has 0 atom stereocenters. The number of hydrogen-bond donors (Lipinski definition) is 0. The lowest BCUT2D eigenvalue weighted by molar-refractivity contribution is 0.0772. The van der Waals surface area contributed by atoms with Gasteiger partial charge in [0.15, 0.2) is 11.5 Å². The van der Waals surface area contributed by atoms with E-state index in [1.807, 2.05) is 44.2 Å². The van der Waals surface area contributed by atoms with E-state index in [9.17, 15) is 4.79 Å². The van der Waals surface area contributed by atoms with Crippen molar-refractivity contribution in [3.8, 4) is 11.5 Å². The van der Waals surface area contributed by atoms with E-state index in [1.165, 1.54) is 0 Å². The van der Waals surface area contributed by atoms with Gasteiger partial charge in [0.2, 0.25) is 0 Å². The zero-order valence-electron chi connectivity index (χ0n) is 14.2. The summed E-state index contributed by atoms with van der Waals surface area (Å²) >= 11 is 3.50. The number of methoxy groups -OCH3 is 1. The van der Waals surface area contributed by atoms with Gasteiger partial charge in [-0.25, -0.2) is 0 Å². The van der Waals surface area contributed by atoms with Gasteiger partial charge in [0.05, 0.1) is 11.6 Å². The van der Waals surface area contributed by atoms with E-state index in [4.69, 9.17) is 9.47 Å². The Bertz CT molecular complexity index is 685. The van der Waals surface area contributed by atoms with E-state index >= 15 is 0 Å². The molecule has 2 aromatic carbocycles. The third-order valence-corrected chi connectivity index (χ3v) is 4.34. The summed E-state index contributed by atoms with van der Waals surface area (Å²) in [6.45, 7) is 5.69. The summed E-state index contributed by atoms with van der Waals surface area (Å²) in [6.07, 6.45) is 0. The molecule has 1 amide bonds. The van der Waals surface area contributed by atoms with Gasteiger partial charge >= 0.3 is 0 Å². The Labute approximate surface area is 151 Å². The molecule has 0 N–H and O–H groups in total. The zero-order valence-corrected chi connectivity index (χ0v) is 15.8. The topological polar surface area (TPSA) is 38.8 Å². The molecule has 128 valence electrons. The molecule has 0 saturated carbocycles. The van der Waals surface area contributed by atoms with Crippen LogP contribution in [-0.4, -0.2) is 31.0 Å². The quantitative estimate of drug-likeness (QED) is 0.696. The molecule has 0 saturated heterocycles. The van der Waals surface area contributed by atoms with Crippen LogP contribution in [0.15, 0.2) is 46.9 Å². The second kappa shape index (κ2) is 8.73. The lowest BCUT2D eigenvalue weighted by atomic mass is 10.1. The third-order valence-electron chi connectivity index (χ3n) is 3.75. The smallest absolute Gasteiger partial charge is 0.254 e. The van der Waals surface area contributed by atoms with E-state index in [-0.39, 0.29) is 5.91 Å². The molecular weight excluding hydrogens is 370 g/mol. The van der Waals surface area contributed by atoms with Crippen LogP contribution in [0, 0.1) is 0 Å². The van der Waals surface area contributed by atoms with Crippen molar-refractivity contribution in [1.82, 2.24) is 4.90 Å². The fraction of sp³-hybridized carbons (Fsp3) is 0.316. The van der Waals surface area contributed by atoms with Gasteiger partial charge in [-0.2, -0.15) is 0 Å². The first-order chi connectivity index (χ1) is 11.6. The molecule has 0 heterocycles. The number of carbonyl (C=O) groups excluding carboxylic acids is 1. The molecule has 2 rings (SSSR count). The van der Waals surface area contributed by atoms with Crippen LogP contribution < -0.4 is 9.47 Å². The molecular formula is C19H22BrNO3. The van der Waals surface area contributed by atoms with Crippen LogP contribution in [-0.2, 0) is 6.61 Å². The molecule has 0 bridgehead atoms. The average Bonchev–Trinajstić information content (AvgIpc) is 2.61. The average molecular weight is 392 g/mol. The first-order valence-electron chi connectivity index (χ1n) is 7.94. The SMILES string of the molecule is CCN(CC)C(=O)c1cc(Br)c(OCc2ccccc2)c(OC)c1. The second-order valence-corrected chi connectivity index (χ2v) is 6.10. The minimum absolute atomic E-state index is 0.0198. The number of amides is 1. The van der Waals surface area contributed by atoms with E-state index in [0.717, 1.165) is 5.56 Å². The Balaban J connectivity index is 2.25. The fourth-order valence-corrected chi connectivity index (χ4v) is 2.96. The standard InChI is InChI=1S/C19H22BrNO3/c1-4-21(5-2)19(22)15-11-16(20)18(17(12-15)23-3)24-13-14-9-7-6-8-10-14/h6-12H,4-5,13H2,1-3H3. The van der Waals surface area contributed by atoms with Crippen LogP contribution in [0.4, 0.5) is 0 Å². The summed E-state index contributed by atoms with van der Waals surface area (Å²) in [5.74, 6) is 1.11. The Hall–Kier alpha value is -2.01. The number of benzene rings is 2. The van der Waals surface area contributed by atoms with E-state index in [1.54, 1.807) is 24.1 Å². The fourth-order valence-electron chi connectivity index (χ4n) is 2.41. The van der Waals surface area contributed by atoms with Crippen molar-refractivity contribution in [3.05, 3.63) is 58.1 Å². The van der Waals surface area contributed by atoms with Gasteiger partial charge < -0.3 is 14.4 Å². The normalized spacial score (nSPS) is 10.3. The molecule has 0 aromatic heterocycles. The molecule has 24 heavy (non-hydrogen) atoms. The van der Waals surface area contributed by atoms with E-state index < -0.39 is 0 Å². The molecule has 2 aromatic rings. The summed E-state index contributed by atoms with van der Waals surface area (Å²) in [7, 11) is 1.57. The molecule has 0 fully saturated rings.